The fourth-order valence-electron chi connectivity index (χ4n) is 3.82. The van der Waals surface area contributed by atoms with Gasteiger partial charge in [-0.25, -0.2) is 4.79 Å². The Labute approximate surface area is 223 Å². The number of nitrogens with zero attached hydrogens (tertiary/aromatic N) is 1. The summed E-state index contributed by atoms with van der Waals surface area (Å²) in [7, 11) is -4.45. The number of hydrogen-bond donors (Lipinski definition) is 3. The summed E-state index contributed by atoms with van der Waals surface area (Å²) in [6.07, 6.45) is -0.655. The van der Waals surface area contributed by atoms with Gasteiger partial charge in [-0.3, -0.25) is 14.1 Å². The lowest BCUT2D eigenvalue weighted by Crippen LogP contribution is -2.41. The molecule has 0 radical (unpaired) electrons. The van der Waals surface area contributed by atoms with Crippen molar-refractivity contribution in [2.24, 2.45) is 0 Å². The van der Waals surface area contributed by atoms with E-state index >= 15 is 0 Å². The van der Waals surface area contributed by atoms with Crippen LogP contribution in [0.25, 0.3) is 0 Å². The molecule has 0 aromatic heterocycles. The monoisotopic (exact) mass is 539 g/mol. The number of anilines is 1. The van der Waals surface area contributed by atoms with Gasteiger partial charge in [-0.05, 0) is 49.6 Å². The highest BCUT2D eigenvalue weighted by Gasteiger charge is 2.28. The molecule has 9 nitrogen and oxygen atoms in total. The van der Waals surface area contributed by atoms with Crippen LogP contribution < -0.4 is 10.0 Å². The third kappa shape index (κ3) is 9.53. The fourth-order valence-corrected chi connectivity index (χ4v) is 4.25. The highest BCUT2D eigenvalue weighted by Crippen LogP contribution is 2.24. The molecule has 3 aromatic carbocycles. The van der Waals surface area contributed by atoms with E-state index in [1.54, 1.807) is 37.8 Å². The van der Waals surface area contributed by atoms with Crippen molar-refractivity contribution < 1.29 is 27.3 Å². The van der Waals surface area contributed by atoms with Crippen LogP contribution in [-0.2, 0) is 32.9 Å². The summed E-state index contributed by atoms with van der Waals surface area (Å²) in [5.74, 6) is -1.03. The molecule has 0 spiro atoms. The fraction of sp³-hybridized carbons (Fsp3) is 0.286. The number of benzene rings is 3. The summed E-state index contributed by atoms with van der Waals surface area (Å²) >= 11 is 0. The van der Waals surface area contributed by atoms with Crippen LogP contribution in [-0.4, -0.2) is 42.0 Å². The molecule has 202 valence electrons. The SMILES string of the molecule is CC(C)(C)OC(=O)NC[C@H](C(=O)N(Cc1ccccc1)Cc1ccccc1)c1ccc(NS(=O)(=O)O)cc1. The van der Waals surface area contributed by atoms with Crippen molar-refractivity contribution in [3.8, 4) is 0 Å². The van der Waals surface area contributed by atoms with Crippen LogP contribution in [0.1, 0.15) is 43.4 Å². The van der Waals surface area contributed by atoms with Gasteiger partial charge >= 0.3 is 16.4 Å². The summed E-state index contributed by atoms with van der Waals surface area (Å²) in [4.78, 5) is 28.2. The molecule has 10 heteroatoms. The van der Waals surface area contributed by atoms with E-state index in [1.807, 2.05) is 65.4 Å². The molecule has 0 heterocycles. The van der Waals surface area contributed by atoms with Gasteiger partial charge in [0.2, 0.25) is 5.91 Å². The van der Waals surface area contributed by atoms with Crippen molar-refractivity contribution in [2.45, 2.75) is 45.4 Å². The van der Waals surface area contributed by atoms with Crippen molar-refractivity contribution in [2.75, 3.05) is 11.3 Å². The van der Waals surface area contributed by atoms with Gasteiger partial charge < -0.3 is 15.0 Å². The topological polar surface area (TPSA) is 125 Å². The molecule has 0 aliphatic rings. The number of rotatable bonds is 10. The highest BCUT2D eigenvalue weighted by molar-refractivity contribution is 7.87. The summed E-state index contributed by atoms with van der Waals surface area (Å²) in [6.45, 7) is 5.89. The zero-order valence-electron chi connectivity index (χ0n) is 21.6. The predicted molar refractivity (Wildman–Crippen MR) is 146 cm³/mol. The van der Waals surface area contributed by atoms with E-state index in [0.29, 0.717) is 18.7 Å². The van der Waals surface area contributed by atoms with Crippen molar-refractivity contribution in [3.63, 3.8) is 0 Å². The summed E-state index contributed by atoms with van der Waals surface area (Å²) in [6, 6.07) is 25.2. The number of nitrogens with one attached hydrogen (secondary N) is 2. The molecule has 0 aliphatic carbocycles. The molecule has 3 rings (SSSR count). The standard InChI is InChI=1S/C28H33N3O6S/c1-28(2,3)37-27(33)29-18-25(23-14-16-24(17-15-23)30-38(34,35)36)26(32)31(19-21-10-6-4-7-11-21)20-22-12-8-5-9-13-22/h4-17,25,30H,18-20H2,1-3H3,(H,29,33)(H,34,35,36)/t25-/m0/s1. The second-order valence-corrected chi connectivity index (χ2v) is 11.0. The van der Waals surface area contributed by atoms with Crippen molar-refractivity contribution >= 4 is 28.0 Å². The first-order valence-electron chi connectivity index (χ1n) is 12.1. The number of hydrogen-bond acceptors (Lipinski definition) is 5. The average Bonchev–Trinajstić information content (AvgIpc) is 2.84. The summed E-state index contributed by atoms with van der Waals surface area (Å²) in [5, 5.41) is 2.69. The van der Waals surface area contributed by atoms with E-state index in [-0.39, 0.29) is 18.1 Å². The maximum atomic E-state index is 14.0. The first-order valence-corrected chi connectivity index (χ1v) is 13.5. The second kappa shape index (κ2) is 12.6. The van der Waals surface area contributed by atoms with Gasteiger partial charge in [-0.2, -0.15) is 8.42 Å². The molecule has 0 fully saturated rings. The van der Waals surface area contributed by atoms with E-state index in [0.717, 1.165) is 11.1 Å². The molecular weight excluding hydrogens is 506 g/mol. The minimum atomic E-state index is -4.45. The molecular formula is C28H33N3O6S. The molecule has 0 saturated heterocycles. The molecule has 0 saturated carbocycles. The van der Waals surface area contributed by atoms with Gasteiger partial charge in [0, 0.05) is 19.6 Å². The third-order valence-electron chi connectivity index (χ3n) is 5.45. The number of alkyl carbamates (subject to hydrolysis) is 1. The quantitative estimate of drug-likeness (QED) is 0.320. The molecule has 0 unspecified atom stereocenters. The van der Waals surface area contributed by atoms with E-state index in [1.165, 1.54) is 12.1 Å². The highest BCUT2D eigenvalue weighted by atomic mass is 32.2. The van der Waals surface area contributed by atoms with Crippen LogP contribution in [0.5, 0.6) is 0 Å². The number of amides is 2. The van der Waals surface area contributed by atoms with Gasteiger partial charge in [-0.15, -0.1) is 0 Å². The minimum Gasteiger partial charge on any atom is -0.444 e. The second-order valence-electron chi connectivity index (χ2n) is 9.80. The lowest BCUT2D eigenvalue weighted by molar-refractivity contribution is -0.134. The maximum Gasteiger partial charge on any atom is 0.407 e. The lowest BCUT2D eigenvalue weighted by Gasteiger charge is -2.29. The lowest BCUT2D eigenvalue weighted by atomic mass is 9.96. The Kier molecular flexibility index (Phi) is 9.49. The molecule has 2 amide bonds. The number of carbonyl (C=O) groups is 2. The zero-order valence-corrected chi connectivity index (χ0v) is 22.4. The van der Waals surface area contributed by atoms with E-state index in [4.69, 9.17) is 9.29 Å². The minimum absolute atomic E-state index is 0.0428. The Morgan fingerprint density at radius 3 is 1.82 bits per heavy atom. The van der Waals surface area contributed by atoms with Crippen LogP contribution in [0.3, 0.4) is 0 Å². The van der Waals surface area contributed by atoms with Gasteiger partial charge in [0.1, 0.15) is 5.60 Å². The summed E-state index contributed by atoms with van der Waals surface area (Å²) < 4.78 is 38.8. The smallest absolute Gasteiger partial charge is 0.407 e. The maximum absolute atomic E-state index is 14.0. The van der Waals surface area contributed by atoms with Crippen molar-refractivity contribution in [1.82, 2.24) is 10.2 Å². The Hall–Kier alpha value is -3.89. The molecule has 3 aromatic rings. The Balaban J connectivity index is 1.92. The van der Waals surface area contributed by atoms with Crippen LogP contribution in [0, 0.1) is 0 Å². The summed E-state index contributed by atoms with van der Waals surface area (Å²) in [5.41, 5.74) is 1.87. The van der Waals surface area contributed by atoms with Crippen LogP contribution >= 0.6 is 0 Å². The van der Waals surface area contributed by atoms with E-state index < -0.39 is 27.9 Å². The van der Waals surface area contributed by atoms with Gasteiger partial charge in [0.05, 0.1) is 11.6 Å². The average molecular weight is 540 g/mol. The first-order chi connectivity index (χ1) is 17.9. The normalized spacial score (nSPS) is 12.3. The zero-order chi connectivity index (χ0) is 27.8. The third-order valence-corrected chi connectivity index (χ3v) is 5.95. The van der Waals surface area contributed by atoms with Gasteiger partial charge in [-0.1, -0.05) is 72.8 Å². The van der Waals surface area contributed by atoms with Crippen molar-refractivity contribution in [1.29, 1.82) is 0 Å². The van der Waals surface area contributed by atoms with Gasteiger partial charge in [0.25, 0.3) is 0 Å². The van der Waals surface area contributed by atoms with Gasteiger partial charge in [0.15, 0.2) is 0 Å². The molecule has 0 aliphatic heterocycles. The largest absolute Gasteiger partial charge is 0.444 e. The molecule has 38 heavy (non-hydrogen) atoms. The first kappa shape index (κ1) is 28.7. The molecule has 0 bridgehead atoms. The van der Waals surface area contributed by atoms with E-state index in [9.17, 15) is 18.0 Å². The Morgan fingerprint density at radius 1 is 0.868 bits per heavy atom. The Morgan fingerprint density at radius 2 is 1.37 bits per heavy atom. The number of carbonyl (C=O) groups excluding carboxylic acids is 2. The molecule has 1 atom stereocenters. The van der Waals surface area contributed by atoms with Crippen LogP contribution in [0.4, 0.5) is 10.5 Å². The number of ether oxygens (including phenoxy) is 1. The van der Waals surface area contributed by atoms with E-state index in [2.05, 4.69) is 5.32 Å². The Bertz CT molecular complexity index is 1270. The van der Waals surface area contributed by atoms with Crippen LogP contribution in [0.15, 0.2) is 84.9 Å². The molecule has 3 N–H and O–H groups in total. The van der Waals surface area contributed by atoms with Crippen LogP contribution in [0.2, 0.25) is 0 Å². The predicted octanol–water partition coefficient (Wildman–Crippen LogP) is 4.74. The van der Waals surface area contributed by atoms with Crippen molar-refractivity contribution in [3.05, 3.63) is 102 Å².